The summed E-state index contributed by atoms with van der Waals surface area (Å²) in [5, 5.41) is 26.3. The maximum Gasteiger partial charge on any atom is 0.410 e. The van der Waals surface area contributed by atoms with E-state index in [-0.39, 0.29) is 60.4 Å². The Morgan fingerprint density at radius 3 is 2.74 bits per heavy atom. The molecule has 3 aliphatic rings. The minimum atomic E-state index is -1.29. The number of hydrogen-bond donors (Lipinski definition) is 3. The largest absolute Gasteiger partial charge is 0.508 e. The van der Waals surface area contributed by atoms with Crippen molar-refractivity contribution in [1.82, 2.24) is 24.8 Å². The van der Waals surface area contributed by atoms with E-state index in [0.717, 1.165) is 24.8 Å². The van der Waals surface area contributed by atoms with Gasteiger partial charge in [-0.05, 0) is 63.1 Å². The van der Waals surface area contributed by atoms with Gasteiger partial charge in [-0.1, -0.05) is 24.3 Å². The number of β-amino-alcohol motifs (C(OH)–C–C–N with tert-alkyl or cyclic N) is 1. The number of aliphatic hydroxyl groups is 1. The first-order chi connectivity index (χ1) is 22.3. The number of benzene rings is 2. The van der Waals surface area contributed by atoms with Gasteiger partial charge in [0.1, 0.15) is 46.8 Å². The number of hydrogen-bond acceptors (Lipinski definition) is 10. The van der Waals surface area contributed by atoms with Crippen LogP contribution in [0.4, 0.5) is 19.4 Å². The minimum absolute atomic E-state index is 0.0116. The summed E-state index contributed by atoms with van der Waals surface area (Å²) in [5.74, 6) is -0.591. The van der Waals surface area contributed by atoms with Gasteiger partial charge in [0.25, 0.3) is 0 Å². The third kappa shape index (κ3) is 5.98. The average Bonchev–Trinajstić information content (AvgIpc) is 3.52. The van der Waals surface area contributed by atoms with Crippen molar-refractivity contribution in [2.24, 2.45) is 0 Å². The van der Waals surface area contributed by atoms with Crippen molar-refractivity contribution in [2.75, 3.05) is 44.6 Å². The molecular formula is C34H38F2N6O5. The molecule has 2 aromatic carbocycles. The monoisotopic (exact) mass is 648 g/mol. The van der Waals surface area contributed by atoms with Gasteiger partial charge in [-0.3, -0.25) is 9.88 Å². The van der Waals surface area contributed by atoms with E-state index in [1.807, 2.05) is 24.3 Å². The molecule has 4 aromatic rings. The van der Waals surface area contributed by atoms with Crippen molar-refractivity contribution >= 4 is 33.6 Å². The lowest BCUT2D eigenvalue weighted by atomic mass is 9.94. The van der Waals surface area contributed by atoms with E-state index in [9.17, 15) is 19.4 Å². The smallest absolute Gasteiger partial charge is 0.410 e. The molecule has 11 nitrogen and oxygen atoms in total. The van der Waals surface area contributed by atoms with Crippen molar-refractivity contribution in [3.8, 4) is 23.0 Å². The number of likely N-dealkylation sites (tertiary alicyclic amines) is 1. The van der Waals surface area contributed by atoms with Crippen LogP contribution < -0.4 is 10.1 Å². The zero-order valence-electron chi connectivity index (χ0n) is 26.6. The summed E-state index contributed by atoms with van der Waals surface area (Å²) in [5.41, 5.74) is -2.12. The number of nitrogens with zero attached hydrogens (tertiary/aromatic N) is 5. The second-order valence-electron chi connectivity index (χ2n) is 14.0. The summed E-state index contributed by atoms with van der Waals surface area (Å²) in [6, 6.07) is 10.2. The first-order valence-electron chi connectivity index (χ1n) is 15.9. The first-order valence-corrected chi connectivity index (χ1v) is 15.9. The highest BCUT2D eigenvalue weighted by Gasteiger charge is 2.49. The number of ether oxygens (including phenoxy) is 2. The van der Waals surface area contributed by atoms with Crippen molar-refractivity contribution in [2.45, 2.75) is 62.9 Å². The standard InChI is InChI=1S/C34H38F2N6O5/c1-32(2,3)47-31(44)41-17-34(45,18-41)16-38-29-25-14-37-27(24-12-22(43)11-20-7-4-5-8-23(20)24)26(36)28(25)39-30(40-29)46-19-33-9-6-10-42(33)15-21(35)13-33/h4-5,7-8,11-12,14,21,43,45H,6,9-10,13,15-19H2,1-3H3,(H,38,39,40)/t21-,33+/m1/s1. The highest BCUT2D eigenvalue weighted by atomic mass is 19.1. The van der Waals surface area contributed by atoms with E-state index in [2.05, 4.69) is 25.2 Å². The van der Waals surface area contributed by atoms with Crippen LogP contribution in [0.15, 0.2) is 42.6 Å². The SMILES string of the molecule is CC(C)(C)OC(=O)N1CC(O)(CNc2nc(OC[C@@]34CCCN3C[C@H](F)C4)nc3c(F)c(-c4cc(O)cc5ccccc45)ncc23)C1. The maximum absolute atomic E-state index is 16.5. The van der Waals surface area contributed by atoms with Gasteiger partial charge >= 0.3 is 12.1 Å². The zero-order chi connectivity index (χ0) is 33.1. The second-order valence-corrected chi connectivity index (χ2v) is 14.0. The Morgan fingerprint density at radius 1 is 1.17 bits per heavy atom. The van der Waals surface area contributed by atoms with Gasteiger partial charge < -0.3 is 29.9 Å². The number of pyridine rings is 1. The molecule has 3 saturated heterocycles. The predicted molar refractivity (Wildman–Crippen MR) is 172 cm³/mol. The molecule has 47 heavy (non-hydrogen) atoms. The number of aromatic nitrogens is 3. The Hall–Kier alpha value is -4.36. The summed E-state index contributed by atoms with van der Waals surface area (Å²) >= 11 is 0. The number of phenolic OH excluding ortho intramolecular Hbond substituents is 1. The fraction of sp³-hybridized carbons (Fsp3) is 0.471. The molecule has 3 N–H and O–H groups in total. The van der Waals surface area contributed by atoms with Crippen molar-refractivity contribution < 1.29 is 33.3 Å². The van der Waals surface area contributed by atoms with Crippen LogP contribution >= 0.6 is 0 Å². The minimum Gasteiger partial charge on any atom is -0.508 e. The Balaban J connectivity index is 1.22. The Morgan fingerprint density at radius 2 is 1.96 bits per heavy atom. The van der Waals surface area contributed by atoms with E-state index < -0.39 is 34.8 Å². The van der Waals surface area contributed by atoms with Crippen molar-refractivity contribution in [3.63, 3.8) is 0 Å². The summed E-state index contributed by atoms with van der Waals surface area (Å²) < 4.78 is 42.5. The molecule has 7 rings (SSSR count). The molecule has 3 fully saturated rings. The molecule has 248 valence electrons. The Bertz CT molecular complexity index is 1860. The van der Waals surface area contributed by atoms with Crippen molar-refractivity contribution in [1.29, 1.82) is 0 Å². The quantitative estimate of drug-likeness (QED) is 0.250. The summed E-state index contributed by atoms with van der Waals surface area (Å²) in [6.07, 6.45) is 2.03. The number of aromatic hydroxyl groups is 1. The number of phenols is 1. The zero-order valence-corrected chi connectivity index (χ0v) is 26.6. The van der Waals surface area contributed by atoms with E-state index in [1.54, 1.807) is 26.8 Å². The molecule has 1 amide bonds. The lowest BCUT2D eigenvalue weighted by Gasteiger charge is -2.46. The van der Waals surface area contributed by atoms with Gasteiger partial charge in [-0.25, -0.2) is 13.6 Å². The second kappa shape index (κ2) is 11.4. The fourth-order valence-corrected chi connectivity index (χ4v) is 7.04. The molecule has 5 heterocycles. The first kappa shape index (κ1) is 31.3. The molecular weight excluding hydrogens is 610 g/mol. The number of nitrogens with one attached hydrogen (secondary N) is 1. The normalized spacial score (nSPS) is 22.3. The molecule has 13 heteroatoms. The average molecular weight is 649 g/mol. The van der Waals surface area contributed by atoms with Gasteiger partial charge in [0.2, 0.25) is 0 Å². The van der Waals surface area contributed by atoms with Crippen LogP contribution in [0.25, 0.3) is 32.9 Å². The summed E-state index contributed by atoms with van der Waals surface area (Å²) in [6.45, 7) is 6.65. The number of anilines is 1. The van der Waals surface area contributed by atoms with E-state index in [4.69, 9.17) is 9.47 Å². The van der Waals surface area contributed by atoms with Crippen LogP contribution in [0.1, 0.15) is 40.0 Å². The number of fused-ring (bicyclic) bond motifs is 3. The maximum atomic E-state index is 16.5. The number of rotatable bonds is 7. The lowest BCUT2D eigenvalue weighted by molar-refractivity contribution is -0.0895. The molecule has 0 spiro atoms. The highest BCUT2D eigenvalue weighted by Crippen LogP contribution is 2.41. The molecule has 0 radical (unpaired) electrons. The predicted octanol–water partition coefficient (Wildman–Crippen LogP) is 5.04. The molecule has 0 saturated carbocycles. The molecule has 0 aliphatic carbocycles. The summed E-state index contributed by atoms with van der Waals surface area (Å²) in [7, 11) is 0. The van der Waals surface area contributed by atoms with Crippen LogP contribution in [-0.4, -0.2) is 103 Å². The van der Waals surface area contributed by atoms with Gasteiger partial charge in [0.05, 0.1) is 24.0 Å². The van der Waals surface area contributed by atoms with E-state index in [1.165, 1.54) is 17.2 Å². The van der Waals surface area contributed by atoms with Crippen LogP contribution in [0.5, 0.6) is 11.8 Å². The Labute approximate surface area is 270 Å². The van der Waals surface area contributed by atoms with Crippen LogP contribution in [0.3, 0.4) is 0 Å². The summed E-state index contributed by atoms with van der Waals surface area (Å²) in [4.78, 5) is 29.4. The number of alkyl halides is 1. The molecule has 0 unspecified atom stereocenters. The van der Waals surface area contributed by atoms with Crippen LogP contribution in [0.2, 0.25) is 0 Å². The third-order valence-electron chi connectivity index (χ3n) is 9.20. The number of halogens is 2. The number of carbonyl (C=O) groups excluding carboxylic acids is 1. The topological polar surface area (TPSA) is 133 Å². The Kier molecular flexibility index (Phi) is 7.59. The van der Waals surface area contributed by atoms with Gasteiger partial charge in [-0.15, -0.1) is 0 Å². The molecule has 2 aromatic heterocycles. The number of carbonyl (C=O) groups is 1. The third-order valence-corrected chi connectivity index (χ3v) is 9.20. The molecule has 3 aliphatic heterocycles. The number of amides is 1. The van der Waals surface area contributed by atoms with Crippen LogP contribution in [-0.2, 0) is 4.74 Å². The van der Waals surface area contributed by atoms with Crippen LogP contribution in [0, 0.1) is 5.82 Å². The lowest BCUT2D eigenvalue weighted by Crippen LogP contribution is -2.66. The fourth-order valence-electron chi connectivity index (χ4n) is 7.04. The van der Waals surface area contributed by atoms with E-state index in [0.29, 0.717) is 23.9 Å². The van der Waals surface area contributed by atoms with Crippen molar-refractivity contribution in [3.05, 3.63) is 48.4 Å². The van der Waals surface area contributed by atoms with Gasteiger partial charge in [0.15, 0.2) is 5.82 Å². The van der Waals surface area contributed by atoms with Gasteiger partial charge in [-0.2, -0.15) is 9.97 Å². The molecule has 2 atom stereocenters. The highest BCUT2D eigenvalue weighted by molar-refractivity contribution is 5.99. The molecule has 0 bridgehead atoms. The van der Waals surface area contributed by atoms with E-state index >= 15 is 4.39 Å². The van der Waals surface area contributed by atoms with Gasteiger partial charge in [0, 0.05) is 31.3 Å².